The van der Waals surface area contributed by atoms with Gasteiger partial charge in [0.1, 0.15) is 12.4 Å². The highest BCUT2D eigenvalue weighted by molar-refractivity contribution is 5.74. The lowest BCUT2D eigenvalue weighted by Crippen LogP contribution is -2.14. The molecule has 0 aromatic carbocycles. The summed E-state index contributed by atoms with van der Waals surface area (Å²) in [6, 6.07) is 3.45. The van der Waals surface area contributed by atoms with Gasteiger partial charge in [-0.2, -0.15) is 0 Å². The molecule has 0 unspecified atom stereocenters. The van der Waals surface area contributed by atoms with E-state index in [1.54, 1.807) is 12.1 Å². The topological polar surface area (TPSA) is 88.2 Å². The number of aryl methyl sites for hydroxylation is 1. The number of nitrogens with zero attached hydrogens (tertiary/aromatic N) is 1. The zero-order valence-electron chi connectivity index (χ0n) is 7.24. The Morgan fingerprint density at radius 3 is 3.00 bits per heavy atom. The Labute approximate surface area is 75.6 Å². The van der Waals surface area contributed by atoms with E-state index in [4.69, 9.17) is 10.8 Å². The number of rotatable bonds is 3. The average Bonchev–Trinajstić information content (AvgIpc) is 2.06. The van der Waals surface area contributed by atoms with E-state index in [9.17, 15) is 4.79 Å². The number of anilines is 2. The van der Waals surface area contributed by atoms with Crippen LogP contribution >= 0.6 is 0 Å². The van der Waals surface area contributed by atoms with Gasteiger partial charge in [0.2, 0.25) is 0 Å². The first-order valence-electron chi connectivity index (χ1n) is 3.78. The maximum Gasteiger partial charge on any atom is 0.322 e. The number of nitrogens with two attached hydrogens (primary N) is 1. The minimum absolute atomic E-state index is 0.180. The third-order valence-corrected chi connectivity index (χ3v) is 1.47. The van der Waals surface area contributed by atoms with Crippen LogP contribution in [-0.2, 0) is 4.79 Å². The molecule has 1 aromatic rings. The molecule has 0 amide bonds. The van der Waals surface area contributed by atoms with Crippen molar-refractivity contribution in [3.63, 3.8) is 0 Å². The molecule has 0 saturated heterocycles. The van der Waals surface area contributed by atoms with Gasteiger partial charge in [-0.25, -0.2) is 4.98 Å². The molecule has 0 aliphatic carbocycles. The number of carboxylic acid groups (broad SMARTS) is 1. The van der Waals surface area contributed by atoms with Crippen LogP contribution in [0.5, 0.6) is 0 Å². The number of aromatic nitrogens is 1. The van der Waals surface area contributed by atoms with Crippen LogP contribution in [0, 0.1) is 6.92 Å². The molecule has 0 bridgehead atoms. The first kappa shape index (κ1) is 9.31. The lowest BCUT2D eigenvalue weighted by molar-refractivity contribution is -0.134. The molecule has 0 spiro atoms. The lowest BCUT2D eigenvalue weighted by Gasteiger charge is -2.06. The van der Waals surface area contributed by atoms with Crippen molar-refractivity contribution in [2.45, 2.75) is 6.92 Å². The van der Waals surface area contributed by atoms with E-state index in [1.807, 2.05) is 6.92 Å². The van der Waals surface area contributed by atoms with Crippen molar-refractivity contribution in [2.75, 3.05) is 17.6 Å². The molecule has 5 nitrogen and oxygen atoms in total. The Hall–Kier alpha value is -1.78. The van der Waals surface area contributed by atoms with Gasteiger partial charge < -0.3 is 16.2 Å². The van der Waals surface area contributed by atoms with Crippen LogP contribution < -0.4 is 11.1 Å². The fraction of sp³-hybridized carbons (Fsp3) is 0.250. The monoisotopic (exact) mass is 181 g/mol. The van der Waals surface area contributed by atoms with Crippen molar-refractivity contribution in [1.29, 1.82) is 0 Å². The summed E-state index contributed by atoms with van der Waals surface area (Å²) in [5.41, 5.74) is 6.80. The molecule has 1 aromatic heterocycles. The van der Waals surface area contributed by atoms with Crippen molar-refractivity contribution in [1.82, 2.24) is 4.98 Å². The number of carbonyl (C=O) groups is 1. The Morgan fingerprint density at radius 2 is 2.38 bits per heavy atom. The molecule has 0 aliphatic heterocycles. The van der Waals surface area contributed by atoms with Crippen LogP contribution in [0.1, 0.15) is 5.69 Å². The summed E-state index contributed by atoms with van der Waals surface area (Å²) < 4.78 is 0. The summed E-state index contributed by atoms with van der Waals surface area (Å²) in [5, 5.41) is 11.0. The maximum absolute atomic E-state index is 10.2. The van der Waals surface area contributed by atoms with E-state index in [0.717, 1.165) is 5.69 Å². The fourth-order valence-electron chi connectivity index (χ4n) is 0.868. The number of hydrogen-bond donors (Lipinski definition) is 3. The summed E-state index contributed by atoms with van der Waals surface area (Å²) in [7, 11) is 0. The van der Waals surface area contributed by atoms with E-state index < -0.39 is 5.97 Å². The van der Waals surface area contributed by atoms with E-state index in [1.165, 1.54) is 0 Å². The predicted octanol–water partition coefficient (Wildman–Crippen LogP) is 0.469. The molecule has 0 fully saturated rings. The second-order valence-corrected chi connectivity index (χ2v) is 2.64. The minimum Gasteiger partial charge on any atom is -0.480 e. The molecule has 70 valence electrons. The van der Waals surface area contributed by atoms with Gasteiger partial charge in [-0.15, -0.1) is 0 Å². The number of hydrogen-bond acceptors (Lipinski definition) is 4. The van der Waals surface area contributed by atoms with Crippen LogP contribution in [0.25, 0.3) is 0 Å². The summed E-state index contributed by atoms with van der Waals surface area (Å²) >= 11 is 0. The Morgan fingerprint density at radius 1 is 1.69 bits per heavy atom. The van der Waals surface area contributed by atoms with Gasteiger partial charge in [-0.3, -0.25) is 4.79 Å². The smallest absolute Gasteiger partial charge is 0.322 e. The Balaban J connectivity index is 2.75. The van der Waals surface area contributed by atoms with Gasteiger partial charge in [-0.1, -0.05) is 0 Å². The van der Waals surface area contributed by atoms with E-state index in [-0.39, 0.29) is 6.54 Å². The molecule has 5 heteroatoms. The molecular weight excluding hydrogens is 170 g/mol. The van der Waals surface area contributed by atoms with Crippen molar-refractivity contribution < 1.29 is 9.90 Å². The molecule has 1 rings (SSSR count). The highest BCUT2D eigenvalue weighted by Crippen LogP contribution is 2.14. The third kappa shape index (κ3) is 2.62. The molecule has 0 saturated carbocycles. The minimum atomic E-state index is -0.942. The highest BCUT2D eigenvalue weighted by atomic mass is 16.4. The van der Waals surface area contributed by atoms with Crippen molar-refractivity contribution in [3.05, 3.63) is 17.8 Å². The van der Waals surface area contributed by atoms with Crippen molar-refractivity contribution >= 4 is 17.5 Å². The number of carboxylic acids is 1. The Kier molecular flexibility index (Phi) is 2.69. The number of nitrogen functional groups attached to an aromatic ring is 1. The second kappa shape index (κ2) is 3.75. The maximum atomic E-state index is 10.2. The van der Waals surface area contributed by atoms with E-state index >= 15 is 0 Å². The second-order valence-electron chi connectivity index (χ2n) is 2.64. The standard InChI is InChI=1S/C8H11N3O2/c1-5-2-3-6(9)8(11-5)10-4-7(12)13/h2-3H,4,9H2,1H3,(H,10,11)(H,12,13). The molecule has 13 heavy (non-hydrogen) atoms. The lowest BCUT2D eigenvalue weighted by atomic mass is 10.3. The molecule has 0 atom stereocenters. The van der Waals surface area contributed by atoms with Crippen molar-refractivity contribution in [2.24, 2.45) is 0 Å². The first-order valence-corrected chi connectivity index (χ1v) is 3.78. The largest absolute Gasteiger partial charge is 0.480 e. The Bertz CT molecular complexity index is 325. The van der Waals surface area contributed by atoms with Gasteiger partial charge in [0, 0.05) is 5.69 Å². The van der Waals surface area contributed by atoms with Crippen LogP contribution in [0.4, 0.5) is 11.5 Å². The van der Waals surface area contributed by atoms with Gasteiger partial charge in [0.05, 0.1) is 5.69 Å². The van der Waals surface area contributed by atoms with Crippen molar-refractivity contribution in [3.8, 4) is 0 Å². The first-order chi connectivity index (χ1) is 6.09. The molecular formula is C8H11N3O2. The fourth-order valence-corrected chi connectivity index (χ4v) is 0.868. The van der Waals surface area contributed by atoms with Gasteiger partial charge >= 0.3 is 5.97 Å². The molecule has 0 aliphatic rings. The number of aliphatic carboxylic acids is 1. The number of nitrogens with one attached hydrogen (secondary N) is 1. The quantitative estimate of drug-likeness (QED) is 0.630. The normalized spacial score (nSPS) is 9.62. The highest BCUT2D eigenvalue weighted by Gasteiger charge is 2.02. The summed E-state index contributed by atoms with van der Waals surface area (Å²) in [4.78, 5) is 14.3. The van der Waals surface area contributed by atoms with Gasteiger partial charge in [0.15, 0.2) is 0 Å². The van der Waals surface area contributed by atoms with Crippen LogP contribution in [0.2, 0.25) is 0 Å². The number of pyridine rings is 1. The third-order valence-electron chi connectivity index (χ3n) is 1.47. The molecule has 0 radical (unpaired) electrons. The zero-order valence-corrected chi connectivity index (χ0v) is 7.24. The molecule has 1 heterocycles. The van der Waals surface area contributed by atoms with Crippen LogP contribution in [0.15, 0.2) is 12.1 Å². The average molecular weight is 181 g/mol. The van der Waals surface area contributed by atoms with Gasteiger partial charge in [-0.05, 0) is 19.1 Å². The zero-order chi connectivity index (χ0) is 9.84. The van der Waals surface area contributed by atoms with Gasteiger partial charge in [0.25, 0.3) is 0 Å². The van der Waals surface area contributed by atoms with Crippen LogP contribution in [-0.4, -0.2) is 22.6 Å². The van der Waals surface area contributed by atoms with E-state index in [2.05, 4.69) is 10.3 Å². The molecule has 4 N–H and O–H groups in total. The summed E-state index contributed by atoms with van der Waals surface area (Å²) in [5.74, 6) is -0.523. The van der Waals surface area contributed by atoms with E-state index in [0.29, 0.717) is 11.5 Å². The summed E-state index contributed by atoms with van der Waals surface area (Å²) in [6.07, 6.45) is 0. The SMILES string of the molecule is Cc1ccc(N)c(NCC(=O)O)n1. The van der Waals surface area contributed by atoms with Crippen LogP contribution in [0.3, 0.4) is 0 Å². The summed E-state index contributed by atoms with van der Waals surface area (Å²) in [6.45, 7) is 1.63. The predicted molar refractivity (Wildman–Crippen MR) is 49.5 cm³/mol.